The Morgan fingerprint density at radius 1 is 1.62 bits per heavy atom. The van der Waals surface area contributed by atoms with Gasteiger partial charge in [-0.25, -0.2) is 4.98 Å². The fourth-order valence-electron chi connectivity index (χ4n) is 1.16. The van der Waals surface area contributed by atoms with E-state index in [4.69, 9.17) is 0 Å². The van der Waals surface area contributed by atoms with Crippen LogP contribution in [0.5, 0.6) is 0 Å². The van der Waals surface area contributed by atoms with Gasteiger partial charge in [0.25, 0.3) is 0 Å². The highest BCUT2D eigenvalue weighted by Gasteiger charge is 2.06. The van der Waals surface area contributed by atoms with Crippen molar-refractivity contribution in [3.8, 4) is 0 Å². The first-order chi connectivity index (χ1) is 6.27. The van der Waals surface area contributed by atoms with E-state index in [9.17, 15) is 0 Å². The molecular weight excluding hydrogens is 248 g/mol. The highest BCUT2D eigenvalue weighted by molar-refractivity contribution is 9.10. The predicted molar refractivity (Wildman–Crippen MR) is 58.0 cm³/mol. The first-order valence-electron chi connectivity index (χ1n) is 3.95. The number of imidazole rings is 1. The standard InChI is InChI=1S/C9H9BrN2S/c1-12-6-11-8(9(12)10)5-7-3-2-4-13-7/h2-4,6H,5H2,1H3. The van der Waals surface area contributed by atoms with E-state index in [1.54, 1.807) is 11.3 Å². The molecule has 0 radical (unpaired) electrons. The maximum atomic E-state index is 4.31. The van der Waals surface area contributed by atoms with Gasteiger partial charge in [0.05, 0.1) is 12.0 Å². The first kappa shape index (κ1) is 8.97. The van der Waals surface area contributed by atoms with Crippen LogP contribution >= 0.6 is 27.3 Å². The van der Waals surface area contributed by atoms with Crippen molar-refractivity contribution in [1.82, 2.24) is 9.55 Å². The van der Waals surface area contributed by atoms with Gasteiger partial charge in [-0.05, 0) is 27.4 Å². The highest BCUT2D eigenvalue weighted by Crippen LogP contribution is 2.20. The summed E-state index contributed by atoms with van der Waals surface area (Å²) in [6.07, 6.45) is 2.74. The van der Waals surface area contributed by atoms with E-state index >= 15 is 0 Å². The van der Waals surface area contributed by atoms with E-state index < -0.39 is 0 Å². The molecule has 2 aromatic rings. The maximum absolute atomic E-state index is 4.31. The Bertz CT molecular complexity index is 392. The van der Waals surface area contributed by atoms with Gasteiger partial charge in [0, 0.05) is 18.3 Å². The number of nitrogens with zero attached hydrogens (tertiary/aromatic N) is 2. The average molecular weight is 257 g/mol. The zero-order chi connectivity index (χ0) is 9.26. The summed E-state index contributed by atoms with van der Waals surface area (Å²) in [6, 6.07) is 4.20. The summed E-state index contributed by atoms with van der Waals surface area (Å²) in [5.41, 5.74) is 1.10. The lowest BCUT2D eigenvalue weighted by molar-refractivity contribution is 0.888. The lowest BCUT2D eigenvalue weighted by atomic mass is 10.3. The number of halogens is 1. The van der Waals surface area contributed by atoms with Gasteiger partial charge >= 0.3 is 0 Å². The van der Waals surface area contributed by atoms with E-state index in [1.807, 2.05) is 17.9 Å². The van der Waals surface area contributed by atoms with Gasteiger partial charge in [-0.3, -0.25) is 0 Å². The van der Waals surface area contributed by atoms with Crippen molar-refractivity contribution in [2.24, 2.45) is 7.05 Å². The van der Waals surface area contributed by atoms with E-state index in [0.29, 0.717) is 0 Å². The van der Waals surface area contributed by atoms with Crippen LogP contribution in [-0.2, 0) is 13.5 Å². The Kier molecular flexibility index (Phi) is 2.51. The summed E-state index contributed by atoms with van der Waals surface area (Å²) in [6.45, 7) is 0. The molecule has 2 heterocycles. The Hall–Kier alpha value is -0.610. The van der Waals surface area contributed by atoms with Gasteiger partial charge in [-0.15, -0.1) is 11.3 Å². The molecule has 0 aliphatic heterocycles. The lowest BCUT2D eigenvalue weighted by Gasteiger charge is -1.95. The second-order valence-corrected chi connectivity index (χ2v) is 4.63. The molecule has 0 bridgehead atoms. The van der Waals surface area contributed by atoms with Gasteiger partial charge in [0.2, 0.25) is 0 Å². The van der Waals surface area contributed by atoms with Gasteiger partial charge in [-0.1, -0.05) is 6.07 Å². The van der Waals surface area contributed by atoms with Crippen molar-refractivity contribution in [2.75, 3.05) is 0 Å². The van der Waals surface area contributed by atoms with E-state index in [-0.39, 0.29) is 0 Å². The van der Waals surface area contributed by atoms with Crippen molar-refractivity contribution in [1.29, 1.82) is 0 Å². The Morgan fingerprint density at radius 3 is 3.00 bits per heavy atom. The molecule has 0 atom stereocenters. The molecule has 0 amide bonds. The van der Waals surface area contributed by atoms with Crippen LogP contribution in [0.2, 0.25) is 0 Å². The van der Waals surface area contributed by atoms with Crippen LogP contribution < -0.4 is 0 Å². The van der Waals surface area contributed by atoms with Crippen LogP contribution in [0.4, 0.5) is 0 Å². The Labute approximate surface area is 89.4 Å². The van der Waals surface area contributed by atoms with Crippen molar-refractivity contribution >= 4 is 27.3 Å². The summed E-state index contributed by atoms with van der Waals surface area (Å²) in [5.74, 6) is 0. The van der Waals surface area contributed by atoms with E-state index in [1.165, 1.54) is 4.88 Å². The topological polar surface area (TPSA) is 17.8 Å². The second kappa shape index (κ2) is 3.64. The summed E-state index contributed by atoms with van der Waals surface area (Å²) >= 11 is 5.27. The molecular formula is C9H9BrN2S. The number of thiophene rings is 1. The number of aryl methyl sites for hydroxylation is 1. The molecule has 0 unspecified atom stereocenters. The molecule has 4 heteroatoms. The van der Waals surface area contributed by atoms with E-state index in [0.717, 1.165) is 16.7 Å². The summed E-state index contributed by atoms with van der Waals surface area (Å²) in [7, 11) is 1.98. The van der Waals surface area contributed by atoms with E-state index in [2.05, 4.69) is 38.4 Å². The van der Waals surface area contributed by atoms with Crippen LogP contribution in [0.15, 0.2) is 28.4 Å². The minimum absolute atomic E-state index is 0.916. The maximum Gasteiger partial charge on any atom is 0.108 e. The third-order valence-corrected chi connectivity index (χ3v) is 3.75. The molecule has 2 aromatic heterocycles. The molecule has 0 saturated carbocycles. The SMILES string of the molecule is Cn1cnc(Cc2cccs2)c1Br. The van der Waals surface area contributed by atoms with Crippen LogP contribution in [0.1, 0.15) is 10.6 Å². The molecule has 13 heavy (non-hydrogen) atoms. The monoisotopic (exact) mass is 256 g/mol. The minimum atomic E-state index is 0.916. The lowest BCUT2D eigenvalue weighted by Crippen LogP contribution is -1.88. The Morgan fingerprint density at radius 2 is 2.46 bits per heavy atom. The third-order valence-electron chi connectivity index (χ3n) is 1.86. The van der Waals surface area contributed by atoms with Gasteiger partial charge in [0.1, 0.15) is 4.60 Å². The summed E-state index contributed by atoms with van der Waals surface area (Å²) < 4.78 is 3.05. The van der Waals surface area contributed by atoms with Crippen LogP contribution in [0, 0.1) is 0 Å². The normalized spacial score (nSPS) is 10.6. The first-order valence-corrected chi connectivity index (χ1v) is 5.62. The third kappa shape index (κ3) is 1.84. The fourth-order valence-corrected chi connectivity index (χ4v) is 2.20. The zero-order valence-corrected chi connectivity index (χ0v) is 9.60. The van der Waals surface area contributed by atoms with Crippen LogP contribution in [0.3, 0.4) is 0 Å². The molecule has 2 nitrogen and oxygen atoms in total. The number of hydrogen-bond acceptors (Lipinski definition) is 2. The largest absolute Gasteiger partial charge is 0.328 e. The van der Waals surface area contributed by atoms with Crippen LogP contribution in [0.25, 0.3) is 0 Å². The van der Waals surface area contributed by atoms with Gasteiger partial charge in [-0.2, -0.15) is 0 Å². The molecule has 0 N–H and O–H groups in total. The van der Waals surface area contributed by atoms with Gasteiger partial charge in [0.15, 0.2) is 0 Å². The molecule has 0 aliphatic rings. The molecule has 0 aromatic carbocycles. The van der Waals surface area contributed by atoms with Crippen molar-refractivity contribution in [2.45, 2.75) is 6.42 Å². The van der Waals surface area contributed by atoms with Crippen molar-refractivity contribution in [3.05, 3.63) is 39.0 Å². The molecule has 68 valence electrons. The van der Waals surface area contributed by atoms with Crippen LogP contribution in [-0.4, -0.2) is 9.55 Å². The molecule has 0 spiro atoms. The highest BCUT2D eigenvalue weighted by atomic mass is 79.9. The Balaban J connectivity index is 2.24. The van der Waals surface area contributed by atoms with Crippen molar-refractivity contribution < 1.29 is 0 Å². The second-order valence-electron chi connectivity index (χ2n) is 2.85. The number of aromatic nitrogens is 2. The summed E-state index contributed by atoms with van der Waals surface area (Å²) in [5, 5.41) is 2.09. The van der Waals surface area contributed by atoms with Gasteiger partial charge < -0.3 is 4.57 Å². The summed E-state index contributed by atoms with van der Waals surface area (Å²) in [4.78, 5) is 5.66. The minimum Gasteiger partial charge on any atom is -0.328 e. The predicted octanol–water partition coefficient (Wildman–Crippen LogP) is 2.83. The number of rotatable bonds is 2. The fraction of sp³-hybridized carbons (Fsp3) is 0.222. The smallest absolute Gasteiger partial charge is 0.108 e. The molecule has 0 saturated heterocycles. The average Bonchev–Trinajstić information content (AvgIpc) is 2.71. The molecule has 0 aliphatic carbocycles. The molecule has 2 rings (SSSR count). The quantitative estimate of drug-likeness (QED) is 0.808. The van der Waals surface area contributed by atoms with Crippen molar-refractivity contribution in [3.63, 3.8) is 0 Å². The zero-order valence-electron chi connectivity index (χ0n) is 7.20. The molecule has 0 fully saturated rings. The number of hydrogen-bond donors (Lipinski definition) is 0.